The van der Waals surface area contributed by atoms with E-state index in [1.807, 2.05) is 24.3 Å². The maximum Gasteiger partial charge on any atom is 0.168 e. The number of aliphatic imine (C=N–C) groups is 1. The van der Waals surface area contributed by atoms with E-state index in [1.165, 1.54) is 24.3 Å². The molecule has 0 amide bonds. The Kier molecular flexibility index (Phi) is 4.42. The topological polar surface area (TPSA) is 41.8 Å². The molecule has 1 aliphatic rings. The lowest BCUT2D eigenvalue weighted by molar-refractivity contribution is 0.399. The van der Waals surface area contributed by atoms with Gasteiger partial charge in [0.1, 0.15) is 17.3 Å². The van der Waals surface area contributed by atoms with Gasteiger partial charge in [0, 0.05) is 24.1 Å². The largest absolute Gasteiger partial charge is 0.505 e. The van der Waals surface area contributed by atoms with Crippen LogP contribution in [-0.2, 0) is 6.42 Å². The van der Waals surface area contributed by atoms with E-state index >= 15 is 0 Å². The first-order valence-corrected chi connectivity index (χ1v) is 8.38. The zero-order valence-corrected chi connectivity index (χ0v) is 14.2. The minimum absolute atomic E-state index is 0.273. The molecule has 0 fully saturated rings. The number of allylic oxidation sites excluding steroid dienone is 2. The number of benzene rings is 3. The predicted octanol–water partition coefficient (Wildman–Crippen LogP) is 5.31. The van der Waals surface area contributed by atoms with Crippen molar-refractivity contribution in [2.75, 3.05) is 0 Å². The van der Waals surface area contributed by atoms with Crippen LogP contribution < -0.4 is 4.74 Å². The predicted molar refractivity (Wildman–Crippen MR) is 99.5 cm³/mol. The van der Waals surface area contributed by atoms with E-state index in [9.17, 15) is 13.9 Å². The molecule has 1 N–H and O–H groups in total. The van der Waals surface area contributed by atoms with Crippen molar-refractivity contribution in [3.05, 3.63) is 101 Å². The molecule has 3 nitrogen and oxygen atoms in total. The molecular weight excluding hydrogens is 348 g/mol. The van der Waals surface area contributed by atoms with E-state index < -0.39 is 11.6 Å². The van der Waals surface area contributed by atoms with Gasteiger partial charge in [0.05, 0.1) is 11.4 Å². The molecule has 134 valence electrons. The van der Waals surface area contributed by atoms with Crippen molar-refractivity contribution in [3.8, 4) is 11.5 Å². The number of para-hydroxylation sites is 1. The minimum atomic E-state index is -0.755. The SMILES string of the molecule is Oc1ccc(OC2=CC(c3ccc(F)cc3)=Nc3ccccc3C2)cc1F. The van der Waals surface area contributed by atoms with Crippen molar-refractivity contribution in [2.24, 2.45) is 4.99 Å². The van der Waals surface area contributed by atoms with Gasteiger partial charge in [-0.15, -0.1) is 0 Å². The standard InChI is InChI=1S/C22H15F2NO2/c23-16-7-5-14(6-8-16)21-13-18(11-15-3-1-2-4-20(15)25-21)27-17-9-10-22(26)19(24)12-17/h1-10,12-13,26H,11H2. The Labute approximate surface area is 154 Å². The number of ether oxygens (including phenoxy) is 1. The first-order chi connectivity index (χ1) is 13.1. The molecule has 0 spiro atoms. The van der Waals surface area contributed by atoms with Crippen LogP contribution in [0.5, 0.6) is 11.5 Å². The third-order valence-corrected chi connectivity index (χ3v) is 4.20. The number of fused-ring (bicyclic) bond motifs is 1. The molecule has 0 saturated heterocycles. The van der Waals surface area contributed by atoms with Crippen LogP contribution in [0.2, 0.25) is 0 Å². The maximum absolute atomic E-state index is 13.6. The summed E-state index contributed by atoms with van der Waals surface area (Å²) in [5.41, 5.74) is 3.11. The Morgan fingerprint density at radius 2 is 1.70 bits per heavy atom. The quantitative estimate of drug-likeness (QED) is 0.685. The zero-order chi connectivity index (χ0) is 18.8. The van der Waals surface area contributed by atoms with Gasteiger partial charge in [0.25, 0.3) is 0 Å². The van der Waals surface area contributed by atoms with Gasteiger partial charge >= 0.3 is 0 Å². The highest BCUT2D eigenvalue weighted by Crippen LogP contribution is 2.29. The second-order valence-corrected chi connectivity index (χ2v) is 6.14. The molecule has 3 aromatic carbocycles. The monoisotopic (exact) mass is 363 g/mol. The van der Waals surface area contributed by atoms with Crippen LogP contribution in [0.1, 0.15) is 11.1 Å². The Morgan fingerprint density at radius 3 is 2.48 bits per heavy atom. The fraction of sp³-hybridized carbons (Fsp3) is 0.0455. The molecule has 0 unspecified atom stereocenters. The molecule has 0 bridgehead atoms. The van der Waals surface area contributed by atoms with E-state index in [1.54, 1.807) is 18.2 Å². The van der Waals surface area contributed by atoms with Crippen molar-refractivity contribution in [1.82, 2.24) is 0 Å². The molecule has 0 aliphatic carbocycles. The Hall–Kier alpha value is -3.47. The highest BCUT2D eigenvalue weighted by Gasteiger charge is 2.15. The summed E-state index contributed by atoms with van der Waals surface area (Å²) in [5, 5.41) is 9.34. The van der Waals surface area contributed by atoms with Crippen LogP contribution in [0.3, 0.4) is 0 Å². The van der Waals surface area contributed by atoms with Crippen LogP contribution >= 0.6 is 0 Å². The lowest BCUT2D eigenvalue weighted by Gasteiger charge is -2.10. The second-order valence-electron chi connectivity index (χ2n) is 6.14. The lowest BCUT2D eigenvalue weighted by atomic mass is 10.1. The Bertz CT molecular complexity index is 1060. The first-order valence-electron chi connectivity index (χ1n) is 8.38. The number of phenolic OH excluding ortho intramolecular Hbond substituents is 1. The summed E-state index contributed by atoms with van der Waals surface area (Å²) in [5.74, 6) is -0.679. The van der Waals surface area contributed by atoms with Gasteiger partial charge < -0.3 is 9.84 Å². The van der Waals surface area contributed by atoms with Gasteiger partial charge in [-0.1, -0.05) is 18.2 Å². The van der Waals surface area contributed by atoms with Crippen LogP contribution in [-0.4, -0.2) is 10.8 Å². The van der Waals surface area contributed by atoms with Crippen LogP contribution in [0.4, 0.5) is 14.5 Å². The molecular formula is C22H15F2NO2. The molecule has 0 atom stereocenters. The lowest BCUT2D eigenvalue weighted by Crippen LogP contribution is -2.03. The van der Waals surface area contributed by atoms with Crippen LogP contribution in [0.15, 0.2) is 83.6 Å². The Morgan fingerprint density at radius 1 is 0.926 bits per heavy atom. The molecule has 5 heteroatoms. The van der Waals surface area contributed by atoms with E-state index in [0.29, 0.717) is 17.9 Å². The summed E-state index contributed by atoms with van der Waals surface area (Å²) in [6.45, 7) is 0. The Balaban J connectivity index is 1.75. The van der Waals surface area contributed by atoms with Crippen LogP contribution in [0.25, 0.3) is 0 Å². The van der Waals surface area contributed by atoms with Crippen molar-refractivity contribution in [1.29, 1.82) is 0 Å². The molecule has 4 rings (SSSR count). The van der Waals surface area contributed by atoms with Gasteiger partial charge in [-0.25, -0.2) is 13.8 Å². The van der Waals surface area contributed by atoms with Gasteiger partial charge in [0.2, 0.25) is 0 Å². The fourth-order valence-corrected chi connectivity index (χ4v) is 2.86. The average molecular weight is 363 g/mol. The number of aromatic hydroxyl groups is 1. The van der Waals surface area contributed by atoms with E-state index in [-0.39, 0.29) is 11.6 Å². The number of rotatable bonds is 3. The maximum atomic E-state index is 13.6. The normalized spacial score (nSPS) is 13.3. The number of halogens is 2. The van der Waals surface area contributed by atoms with Crippen molar-refractivity contribution >= 4 is 11.4 Å². The third-order valence-electron chi connectivity index (χ3n) is 4.20. The number of phenols is 1. The van der Waals surface area contributed by atoms with Crippen molar-refractivity contribution in [3.63, 3.8) is 0 Å². The molecule has 1 heterocycles. The molecule has 3 aromatic rings. The molecule has 0 radical (unpaired) electrons. The average Bonchev–Trinajstić information content (AvgIpc) is 2.84. The minimum Gasteiger partial charge on any atom is -0.505 e. The van der Waals surface area contributed by atoms with Gasteiger partial charge in [-0.3, -0.25) is 0 Å². The molecule has 0 saturated carbocycles. The smallest absolute Gasteiger partial charge is 0.168 e. The van der Waals surface area contributed by atoms with Gasteiger partial charge in [0.15, 0.2) is 11.6 Å². The summed E-state index contributed by atoms with van der Waals surface area (Å²) in [6.07, 6.45) is 2.23. The van der Waals surface area contributed by atoms with E-state index in [2.05, 4.69) is 4.99 Å². The summed E-state index contributed by atoms with van der Waals surface area (Å²) in [4.78, 5) is 4.69. The zero-order valence-electron chi connectivity index (χ0n) is 14.2. The van der Waals surface area contributed by atoms with E-state index in [4.69, 9.17) is 4.74 Å². The van der Waals surface area contributed by atoms with Crippen molar-refractivity contribution < 1.29 is 18.6 Å². The number of hydrogen-bond acceptors (Lipinski definition) is 3. The number of hydrogen-bond donors (Lipinski definition) is 1. The third kappa shape index (κ3) is 3.72. The summed E-state index contributed by atoms with van der Waals surface area (Å²) >= 11 is 0. The first kappa shape index (κ1) is 17.0. The second kappa shape index (κ2) is 7.03. The van der Waals surface area contributed by atoms with Gasteiger partial charge in [-0.2, -0.15) is 0 Å². The van der Waals surface area contributed by atoms with Crippen LogP contribution in [0, 0.1) is 11.6 Å². The highest BCUT2D eigenvalue weighted by atomic mass is 19.1. The summed E-state index contributed by atoms with van der Waals surface area (Å²) < 4.78 is 32.8. The molecule has 27 heavy (non-hydrogen) atoms. The summed E-state index contributed by atoms with van der Waals surface area (Å²) in [7, 11) is 0. The number of nitrogens with zero attached hydrogens (tertiary/aromatic N) is 1. The highest BCUT2D eigenvalue weighted by molar-refractivity contribution is 6.10. The molecule has 0 aromatic heterocycles. The van der Waals surface area contributed by atoms with Crippen molar-refractivity contribution in [2.45, 2.75) is 6.42 Å². The summed E-state index contributed by atoms with van der Waals surface area (Å²) in [6, 6.07) is 17.6. The fourth-order valence-electron chi connectivity index (χ4n) is 2.86. The van der Waals surface area contributed by atoms with Gasteiger partial charge in [-0.05, 0) is 48.0 Å². The van der Waals surface area contributed by atoms with E-state index in [0.717, 1.165) is 22.9 Å². The molecule has 1 aliphatic heterocycles.